The van der Waals surface area contributed by atoms with Gasteiger partial charge in [-0.15, -0.1) is 0 Å². The molecule has 0 bridgehead atoms. The Bertz CT molecular complexity index is 1240. The average Bonchev–Trinajstić information content (AvgIpc) is 3.20. The van der Waals surface area contributed by atoms with Crippen LogP contribution in [0.3, 0.4) is 0 Å². The van der Waals surface area contributed by atoms with E-state index in [1.807, 2.05) is 62.4 Å². The van der Waals surface area contributed by atoms with E-state index in [1.165, 1.54) is 11.3 Å². The molecule has 7 heteroatoms. The minimum Gasteiger partial charge on any atom is -0.482 e. The van der Waals surface area contributed by atoms with Gasteiger partial charge in [0.25, 0.3) is 5.91 Å². The lowest BCUT2D eigenvalue weighted by molar-refractivity contribution is -0.130. The smallest absolute Gasteiger partial charge is 0.274 e. The van der Waals surface area contributed by atoms with Gasteiger partial charge in [-0.25, -0.2) is 4.98 Å². The number of pyridine rings is 1. The summed E-state index contributed by atoms with van der Waals surface area (Å²) in [4.78, 5) is 24.3. The molecule has 0 fully saturated rings. The van der Waals surface area contributed by atoms with Crippen LogP contribution >= 0.6 is 11.3 Å². The summed E-state index contributed by atoms with van der Waals surface area (Å²) in [5, 5.41) is 0.629. The molecule has 3 heterocycles. The molecule has 0 radical (unpaired) electrons. The van der Waals surface area contributed by atoms with Crippen LogP contribution in [0.1, 0.15) is 18.1 Å². The summed E-state index contributed by atoms with van der Waals surface area (Å²) in [5.41, 5.74) is 2.94. The molecule has 1 aliphatic rings. The lowest BCUT2D eigenvalue weighted by atomic mass is 10.1. The van der Waals surface area contributed by atoms with E-state index in [1.54, 1.807) is 17.3 Å². The molecule has 2 aromatic heterocycles. The summed E-state index contributed by atoms with van der Waals surface area (Å²) >= 11 is 1.50. The van der Waals surface area contributed by atoms with Crippen molar-refractivity contribution >= 4 is 32.6 Å². The first kappa shape index (κ1) is 19.5. The van der Waals surface area contributed by atoms with Gasteiger partial charge in [0.05, 0.1) is 16.8 Å². The molecule has 2 aromatic carbocycles. The van der Waals surface area contributed by atoms with Crippen molar-refractivity contribution < 1.29 is 14.3 Å². The van der Waals surface area contributed by atoms with E-state index in [0.717, 1.165) is 21.3 Å². The fraction of sp³-hybridized carbons (Fsp3) is 0.208. The summed E-state index contributed by atoms with van der Waals surface area (Å²) in [7, 11) is 0. The molecule has 6 nitrogen and oxygen atoms in total. The summed E-state index contributed by atoms with van der Waals surface area (Å²) in [6, 6.07) is 17.3. The van der Waals surface area contributed by atoms with Crippen LogP contribution in [0.25, 0.3) is 10.2 Å². The largest absolute Gasteiger partial charge is 0.482 e. The second-order valence-corrected chi connectivity index (χ2v) is 8.57. The molecule has 4 aromatic rings. The molecule has 0 saturated heterocycles. The number of amides is 1. The number of aromatic nitrogens is 2. The summed E-state index contributed by atoms with van der Waals surface area (Å²) in [6.45, 7) is 4.24. The van der Waals surface area contributed by atoms with E-state index in [2.05, 4.69) is 11.1 Å². The second-order valence-electron chi connectivity index (χ2n) is 7.56. The highest BCUT2D eigenvalue weighted by Crippen LogP contribution is 2.36. The van der Waals surface area contributed by atoms with Gasteiger partial charge in [0.1, 0.15) is 6.10 Å². The monoisotopic (exact) mass is 431 g/mol. The van der Waals surface area contributed by atoms with Gasteiger partial charge < -0.3 is 9.47 Å². The maximum atomic E-state index is 13.7. The number of nitrogens with zero attached hydrogens (tertiary/aromatic N) is 3. The molecule has 1 aliphatic heterocycles. The number of benzene rings is 2. The molecule has 0 aliphatic carbocycles. The first-order chi connectivity index (χ1) is 15.1. The molecule has 0 N–H and O–H groups in total. The van der Waals surface area contributed by atoms with Crippen molar-refractivity contribution in [2.75, 3.05) is 4.90 Å². The molecule has 5 rings (SSSR count). The highest BCUT2D eigenvalue weighted by molar-refractivity contribution is 7.22. The van der Waals surface area contributed by atoms with Gasteiger partial charge in [-0.1, -0.05) is 35.6 Å². The van der Waals surface area contributed by atoms with Gasteiger partial charge in [0.15, 0.2) is 16.6 Å². The van der Waals surface area contributed by atoms with Crippen molar-refractivity contribution in [3.05, 3.63) is 78.1 Å². The summed E-state index contributed by atoms with van der Waals surface area (Å²) < 4.78 is 13.1. The van der Waals surface area contributed by atoms with E-state index in [0.29, 0.717) is 23.2 Å². The first-order valence-corrected chi connectivity index (χ1v) is 10.9. The zero-order valence-electron chi connectivity index (χ0n) is 17.2. The van der Waals surface area contributed by atoms with E-state index < -0.39 is 12.2 Å². The fourth-order valence-electron chi connectivity index (χ4n) is 3.59. The first-order valence-electron chi connectivity index (χ1n) is 10.1. The number of aryl methyl sites for hydroxylation is 1. The molecular formula is C24H21N3O3S. The lowest BCUT2D eigenvalue weighted by Gasteiger charge is -2.33. The van der Waals surface area contributed by atoms with Gasteiger partial charge in [0.2, 0.25) is 6.10 Å². The Kier molecular flexibility index (Phi) is 5.03. The highest BCUT2D eigenvalue weighted by atomic mass is 32.1. The van der Waals surface area contributed by atoms with Gasteiger partial charge in [-0.05, 0) is 55.3 Å². The Morgan fingerprint density at radius 1 is 1.10 bits per heavy atom. The average molecular weight is 432 g/mol. The van der Waals surface area contributed by atoms with Crippen LogP contribution in [0.15, 0.2) is 67.0 Å². The van der Waals surface area contributed by atoms with Crippen LogP contribution in [-0.4, -0.2) is 28.1 Å². The Balaban J connectivity index is 1.52. The number of para-hydroxylation sites is 2. The van der Waals surface area contributed by atoms with Crippen LogP contribution in [0.5, 0.6) is 11.5 Å². The third-order valence-corrected chi connectivity index (χ3v) is 6.22. The second kappa shape index (κ2) is 8.00. The Hall–Kier alpha value is -3.45. The number of hydrogen-bond acceptors (Lipinski definition) is 6. The summed E-state index contributed by atoms with van der Waals surface area (Å²) in [5.74, 6) is 1.02. The predicted octanol–water partition coefficient (Wildman–Crippen LogP) is 4.76. The highest BCUT2D eigenvalue weighted by Gasteiger charge is 2.38. The molecule has 0 saturated carbocycles. The third kappa shape index (κ3) is 3.84. The molecular weight excluding hydrogens is 410 g/mol. The minimum atomic E-state index is -0.777. The van der Waals surface area contributed by atoms with Crippen LogP contribution in [0, 0.1) is 6.92 Å². The van der Waals surface area contributed by atoms with Crippen LogP contribution in [0.2, 0.25) is 0 Å². The number of ether oxygens (including phenoxy) is 2. The summed E-state index contributed by atoms with van der Waals surface area (Å²) in [6.07, 6.45) is 2.26. The van der Waals surface area contributed by atoms with Crippen molar-refractivity contribution in [2.45, 2.75) is 32.6 Å². The number of hydrogen-bond donors (Lipinski definition) is 0. The molecule has 0 spiro atoms. The Morgan fingerprint density at radius 3 is 2.68 bits per heavy atom. The van der Waals surface area contributed by atoms with Gasteiger partial charge in [0, 0.05) is 12.4 Å². The number of carbonyl (C=O) groups is 1. The zero-order chi connectivity index (χ0) is 21.4. The molecule has 2 unspecified atom stereocenters. The molecule has 156 valence electrons. The molecule has 2 atom stereocenters. The fourth-order valence-corrected chi connectivity index (χ4v) is 4.66. The van der Waals surface area contributed by atoms with Crippen LogP contribution in [-0.2, 0) is 11.3 Å². The van der Waals surface area contributed by atoms with E-state index in [4.69, 9.17) is 14.5 Å². The number of fused-ring (bicyclic) bond motifs is 2. The Labute approximate surface area is 184 Å². The number of rotatable bonds is 4. The van der Waals surface area contributed by atoms with Gasteiger partial charge in [-0.2, -0.15) is 0 Å². The van der Waals surface area contributed by atoms with E-state index >= 15 is 0 Å². The van der Waals surface area contributed by atoms with Crippen molar-refractivity contribution in [3.63, 3.8) is 0 Å². The number of anilines is 1. The Morgan fingerprint density at radius 2 is 1.90 bits per heavy atom. The van der Waals surface area contributed by atoms with Gasteiger partial charge in [-0.3, -0.25) is 14.7 Å². The van der Waals surface area contributed by atoms with Crippen molar-refractivity contribution in [1.29, 1.82) is 0 Å². The van der Waals surface area contributed by atoms with Crippen molar-refractivity contribution in [3.8, 4) is 11.5 Å². The zero-order valence-corrected chi connectivity index (χ0v) is 18.0. The van der Waals surface area contributed by atoms with Crippen molar-refractivity contribution in [2.24, 2.45) is 0 Å². The van der Waals surface area contributed by atoms with Crippen LogP contribution < -0.4 is 14.4 Å². The number of carbonyl (C=O) groups excluding carboxylic acids is 1. The molecule has 31 heavy (non-hydrogen) atoms. The van der Waals surface area contributed by atoms with Crippen molar-refractivity contribution in [1.82, 2.24) is 9.97 Å². The topological polar surface area (TPSA) is 64.6 Å². The predicted molar refractivity (Wildman–Crippen MR) is 121 cm³/mol. The maximum absolute atomic E-state index is 13.7. The number of thiazole rings is 1. The van der Waals surface area contributed by atoms with Crippen LogP contribution in [0.4, 0.5) is 5.13 Å². The van der Waals surface area contributed by atoms with Gasteiger partial charge >= 0.3 is 0 Å². The lowest BCUT2D eigenvalue weighted by Crippen LogP contribution is -2.50. The minimum absolute atomic E-state index is 0.193. The standard InChI is InChI=1S/C24H21N3O3S/c1-15-9-10-18-21(12-15)31-24(26-18)27(14-17-6-5-11-25-13-17)23(28)22-16(2)29-19-7-3-4-8-20(19)30-22/h3-13,16,22H,14H2,1-2H3. The quantitative estimate of drug-likeness (QED) is 0.466. The van der Waals surface area contributed by atoms with E-state index in [9.17, 15) is 4.79 Å². The maximum Gasteiger partial charge on any atom is 0.274 e. The third-order valence-electron chi connectivity index (χ3n) is 5.18. The normalized spacial score (nSPS) is 17.5. The van der Waals surface area contributed by atoms with E-state index in [-0.39, 0.29) is 5.91 Å². The SMILES string of the molecule is Cc1ccc2nc(N(Cc3cccnc3)C(=O)C3Oc4ccccc4OC3C)sc2c1. The molecule has 1 amide bonds.